The number of aliphatic hydroxyl groups is 1. The van der Waals surface area contributed by atoms with E-state index < -0.39 is 5.60 Å². The molecule has 0 fully saturated rings. The van der Waals surface area contributed by atoms with E-state index in [1.54, 1.807) is 0 Å². The van der Waals surface area contributed by atoms with Gasteiger partial charge in [0.1, 0.15) is 0 Å². The summed E-state index contributed by atoms with van der Waals surface area (Å²) in [5, 5.41) is 13.7. The smallest absolute Gasteiger partial charge is 0.0741 e. The zero-order valence-electron chi connectivity index (χ0n) is 12.0. The van der Waals surface area contributed by atoms with Gasteiger partial charge in [-0.1, -0.05) is 45.0 Å². The lowest BCUT2D eigenvalue weighted by Gasteiger charge is -2.32. The van der Waals surface area contributed by atoms with Crippen LogP contribution in [-0.4, -0.2) is 17.3 Å². The summed E-state index contributed by atoms with van der Waals surface area (Å²) in [6.07, 6.45) is 1.88. The van der Waals surface area contributed by atoms with E-state index in [2.05, 4.69) is 43.4 Å². The second kappa shape index (κ2) is 4.67. The van der Waals surface area contributed by atoms with Gasteiger partial charge >= 0.3 is 0 Å². The average Bonchev–Trinajstić information content (AvgIpc) is 2.56. The summed E-state index contributed by atoms with van der Waals surface area (Å²) in [6.45, 7) is 9.16. The molecule has 100 valence electrons. The molecule has 0 aliphatic heterocycles. The maximum atomic E-state index is 10.1. The molecule has 18 heavy (non-hydrogen) atoms. The van der Waals surface area contributed by atoms with Gasteiger partial charge in [0.15, 0.2) is 0 Å². The van der Waals surface area contributed by atoms with Gasteiger partial charge in [0.05, 0.1) is 5.60 Å². The monoisotopic (exact) mass is 247 g/mol. The molecule has 0 saturated carbocycles. The van der Waals surface area contributed by atoms with Gasteiger partial charge in [0.2, 0.25) is 0 Å². The van der Waals surface area contributed by atoms with E-state index in [4.69, 9.17) is 0 Å². The van der Waals surface area contributed by atoms with Crippen LogP contribution in [-0.2, 0) is 6.42 Å². The van der Waals surface area contributed by atoms with Gasteiger partial charge in [-0.25, -0.2) is 0 Å². The molecular weight excluding hydrogens is 222 g/mol. The normalized spacial score (nSPS) is 24.6. The Morgan fingerprint density at radius 3 is 2.72 bits per heavy atom. The molecule has 1 aromatic rings. The lowest BCUT2D eigenvalue weighted by atomic mass is 9.85. The van der Waals surface area contributed by atoms with Crippen molar-refractivity contribution in [3.8, 4) is 0 Å². The van der Waals surface area contributed by atoms with Crippen molar-refractivity contribution in [2.75, 3.05) is 6.54 Å². The zero-order valence-corrected chi connectivity index (χ0v) is 12.0. The summed E-state index contributed by atoms with van der Waals surface area (Å²) >= 11 is 0. The molecule has 2 unspecified atom stereocenters. The van der Waals surface area contributed by atoms with Gasteiger partial charge in [0, 0.05) is 12.6 Å². The fourth-order valence-corrected chi connectivity index (χ4v) is 2.82. The molecule has 0 spiro atoms. The molecule has 2 atom stereocenters. The summed E-state index contributed by atoms with van der Waals surface area (Å²) in [6, 6.07) is 8.98. The maximum absolute atomic E-state index is 10.1. The predicted molar refractivity (Wildman–Crippen MR) is 75.6 cm³/mol. The highest BCUT2D eigenvalue weighted by Gasteiger charge is 2.39. The molecular formula is C16H25NO. The summed E-state index contributed by atoms with van der Waals surface area (Å²) in [5.41, 5.74) is 2.44. The molecule has 0 amide bonds. The molecule has 0 saturated heterocycles. The van der Waals surface area contributed by atoms with Crippen molar-refractivity contribution in [1.29, 1.82) is 0 Å². The maximum Gasteiger partial charge on any atom is 0.0741 e. The van der Waals surface area contributed by atoms with Crippen LogP contribution in [0.5, 0.6) is 0 Å². The molecule has 2 heteroatoms. The standard InChI is InChI=1S/C16H25NO/c1-5-16(4,18)11-17-14-13-9-7-6-8-12(13)10-15(14,2)3/h6-9,14,17-18H,5,10-11H2,1-4H3. The lowest BCUT2D eigenvalue weighted by molar-refractivity contribution is 0.0478. The fourth-order valence-electron chi connectivity index (χ4n) is 2.82. The fraction of sp³-hybridized carbons (Fsp3) is 0.625. The van der Waals surface area contributed by atoms with Crippen LogP contribution in [0.3, 0.4) is 0 Å². The Balaban J connectivity index is 2.16. The van der Waals surface area contributed by atoms with E-state index in [0.29, 0.717) is 12.6 Å². The van der Waals surface area contributed by atoms with Crippen molar-refractivity contribution >= 4 is 0 Å². The van der Waals surface area contributed by atoms with Crippen LogP contribution in [0, 0.1) is 5.41 Å². The van der Waals surface area contributed by atoms with E-state index in [1.807, 2.05) is 13.8 Å². The molecule has 1 aliphatic rings. The molecule has 0 radical (unpaired) electrons. The van der Waals surface area contributed by atoms with Gasteiger partial charge < -0.3 is 10.4 Å². The molecule has 2 N–H and O–H groups in total. The molecule has 2 nitrogen and oxygen atoms in total. The van der Waals surface area contributed by atoms with Crippen molar-refractivity contribution in [3.05, 3.63) is 35.4 Å². The largest absolute Gasteiger partial charge is 0.389 e. The van der Waals surface area contributed by atoms with Crippen molar-refractivity contribution in [2.24, 2.45) is 5.41 Å². The van der Waals surface area contributed by atoms with Crippen LogP contribution < -0.4 is 5.32 Å². The minimum absolute atomic E-state index is 0.216. The third-order valence-electron chi connectivity index (χ3n) is 4.24. The Bertz CT molecular complexity index is 423. The highest BCUT2D eigenvalue weighted by atomic mass is 16.3. The van der Waals surface area contributed by atoms with Crippen LogP contribution in [0.15, 0.2) is 24.3 Å². The molecule has 0 bridgehead atoms. The number of fused-ring (bicyclic) bond motifs is 1. The van der Waals surface area contributed by atoms with Crippen LogP contribution in [0.2, 0.25) is 0 Å². The number of hydrogen-bond donors (Lipinski definition) is 2. The first kappa shape index (κ1) is 13.6. The Kier molecular flexibility index (Phi) is 3.52. The summed E-state index contributed by atoms with van der Waals surface area (Å²) < 4.78 is 0. The third kappa shape index (κ3) is 2.60. The molecule has 0 heterocycles. The first-order valence-corrected chi connectivity index (χ1v) is 6.89. The SMILES string of the molecule is CCC(C)(O)CNC1c2ccccc2CC1(C)C. The van der Waals surface area contributed by atoms with Crippen LogP contribution in [0.1, 0.15) is 51.3 Å². The molecule has 2 rings (SSSR count). The third-order valence-corrected chi connectivity index (χ3v) is 4.24. The molecule has 0 aromatic heterocycles. The highest BCUT2D eigenvalue weighted by molar-refractivity contribution is 5.37. The van der Waals surface area contributed by atoms with E-state index >= 15 is 0 Å². The highest BCUT2D eigenvalue weighted by Crippen LogP contribution is 2.45. The quantitative estimate of drug-likeness (QED) is 0.857. The number of hydrogen-bond acceptors (Lipinski definition) is 2. The first-order chi connectivity index (χ1) is 8.36. The lowest BCUT2D eigenvalue weighted by Crippen LogP contribution is -2.42. The Morgan fingerprint density at radius 1 is 1.39 bits per heavy atom. The average molecular weight is 247 g/mol. The van der Waals surface area contributed by atoms with E-state index in [-0.39, 0.29) is 5.41 Å². The molecule has 1 aliphatic carbocycles. The van der Waals surface area contributed by atoms with Gasteiger partial charge in [0.25, 0.3) is 0 Å². The Labute approximate surface area is 110 Å². The topological polar surface area (TPSA) is 32.3 Å². The van der Waals surface area contributed by atoms with Crippen molar-refractivity contribution < 1.29 is 5.11 Å². The summed E-state index contributed by atoms with van der Waals surface area (Å²) in [7, 11) is 0. The number of nitrogens with one attached hydrogen (secondary N) is 1. The first-order valence-electron chi connectivity index (χ1n) is 6.89. The Morgan fingerprint density at radius 2 is 2.06 bits per heavy atom. The Hall–Kier alpha value is -0.860. The van der Waals surface area contributed by atoms with Crippen LogP contribution >= 0.6 is 0 Å². The number of rotatable bonds is 4. The van der Waals surface area contributed by atoms with E-state index in [0.717, 1.165) is 12.8 Å². The van der Waals surface area contributed by atoms with Gasteiger partial charge in [-0.2, -0.15) is 0 Å². The zero-order chi connectivity index (χ0) is 13.4. The van der Waals surface area contributed by atoms with Gasteiger partial charge in [-0.3, -0.25) is 0 Å². The van der Waals surface area contributed by atoms with Crippen molar-refractivity contribution in [3.63, 3.8) is 0 Å². The van der Waals surface area contributed by atoms with Gasteiger partial charge in [-0.05, 0) is 36.3 Å². The van der Waals surface area contributed by atoms with Crippen molar-refractivity contribution in [1.82, 2.24) is 5.32 Å². The summed E-state index contributed by atoms with van der Waals surface area (Å²) in [5.74, 6) is 0. The van der Waals surface area contributed by atoms with Crippen LogP contribution in [0.25, 0.3) is 0 Å². The van der Waals surface area contributed by atoms with E-state index in [1.165, 1.54) is 11.1 Å². The predicted octanol–water partition coefficient (Wildman–Crippen LogP) is 3.06. The molecule has 1 aromatic carbocycles. The van der Waals surface area contributed by atoms with Crippen molar-refractivity contribution in [2.45, 2.75) is 52.2 Å². The second-order valence-corrected chi connectivity index (χ2v) is 6.53. The minimum Gasteiger partial charge on any atom is -0.389 e. The van der Waals surface area contributed by atoms with Crippen LogP contribution in [0.4, 0.5) is 0 Å². The second-order valence-electron chi connectivity index (χ2n) is 6.53. The van der Waals surface area contributed by atoms with E-state index in [9.17, 15) is 5.11 Å². The summed E-state index contributed by atoms with van der Waals surface area (Å²) in [4.78, 5) is 0. The van der Waals surface area contributed by atoms with Gasteiger partial charge in [-0.15, -0.1) is 0 Å². The minimum atomic E-state index is -0.617. The number of benzene rings is 1.